The molecule has 194 valence electrons. The second-order valence-corrected chi connectivity index (χ2v) is 9.64. The van der Waals surface area contributed by atoms with Gasteiger partial charge >= 0.3 is 6.18 Å². The quantitative estimate of drug-likeness (QED) is 0.444. The van der Waals surface area contributed by atoms with Crippen LogP contribution in [0.15, 0.2) is 72.8 Å². The van der Waals surface area contributed by atoms with Crippen LogP contribution in [0.4, 0.5) is 13.2 Å². The molecule has 0 unspecified atom stereocenters. The number of carbonyl (C=O) groups is 2. The maximum atomic E-state index is 13.8. The van der Waals surface area contributed by atoms with E-state index >= 15 is 0 Å². The van der Waals surface area contributed by atoms with Crippen LogP contribution in [0.1, 0.15) is 64.0 Å². The topological polar surface area (TPSA) is 69.6 Å². The van der Waals surface area contributed by atoms with Crippen LogP contribution in [-0.2, 0) is 24.1 Å². The van der Waals surface area contributed by atoms with Crippen LogP contribution >= 0.6 is 0 Å². The molecule has 0 bridgehead atoms. The van der Waals surface area contributed by atoms with Gasteiger partial charge in [0.15, 0.2) is 0 Å². The first-order valence-electron chi connectivity index (χ1n) is 12.1. The van der Waals surface area contributed by atoms with Gasteiger partial charge in [-0.05, 0) is 40.3 Å². The molecule has 0 fully saturated rings. The van der Waals surface area contributed by atoms with Gasteiger partial charge in [-0.15, -0.1) is 0 Å². The summed E-state index contributed by atoms with van der Waals surface area (Å²) < 4.78 is 41.5. The highest BCUT2D eigenvalue weighted by Crippen LogP contribution is 2.44. The Morgan fingerprint density at radius 3 is 2.30 bits per heavy atom. The van der Waals surface area contributed by atoms with Crippen molar-refractivity contribution in [3.63, 3.8) is 0 Å². The molecule has 0 aromatic heterocycles. The van der Waals surface area contributed by atoms with Gasteiger partial charge in [-0.2, -0.15) is 13.2 Å². The fraction of sp³-hybridized carbons (Fsp3) is 0.310. The van der Waals surface area contributed by atoms with Gasteiger partial charge in [0.2, 0.25) is 5.91 Å². The molecule has 2 atom stereocenters. The van der Waals surface area contributed by atoms with E-state index in [-0.39, 0.29) is 30.5 Å². The van der Waals surface area contributed by atoms with Crippen molar-refractivity contribution in [2.24, 2.45) is 5.92 Å². The van der Waals surface area contributed by atoms with Gasteiger partial charge in [0.1, 0.15) is 0 Å². The minimum atomic E-state index is -4.60. The normalized spacial score (nSPS) is 17.6. The van der Waals surface area contributed by atoms with Gasteiger partial charge in [0.25, 0.3) is 5.91 Å². The van der Waals surface area contributed by atoms with Crippen LogP contribution in [0.2, 0.25) is 0 Å². The van der Waals surface area contributed by atoms with E-state index in [2.05, 4.69) is 5.32 Å². The molecule has 1 aliphatic rings. The van der Waals surface area contributed by atoms with Gasteiger partial charge < -0.3 is 15.3 Å². The zero-order valence-electron chi connectivity index (χ0n) is 20.6. The molecule has 5 nitrogen and oxygen atoms in total. The number of aliphatic hydroxyl groups excluding tert-OH is 1. The highest BCUT2D eigenvalue weighted by atomic mass is 19.4. The Morgan fingerprint density at radius 1 is 1.00 bits per heavy atom. The zero-order chi connectivity index (χ0) is 26.7. The van der Waals surface area contributed by atoms with Crippen molar-refractivity contribution >= 4 is 11.8 Å². The van der Waals surface area contributed by atoms with Gasteiger partial charge in [-0.25, -0.2) is 0 Å². The molecule has 1 heterocycles. The van der Waals surface area contributed by atoms with Crippen LogP contribution in [0.25, 0.3) is 0 Å². The van der Waals surface area contributed by atoms with Crippen molar-refractivity contribution in [3.8, 4) is 0 Å². The third kappa shape index (κ3) is 5.54. The maximum Gasteiger partial charge on any atom is 0.416 e. The smallest absolute Gasteiger partial charge is 0.392 e. The Kier molecular flexibility index (Phi) is 7.68. The van der Waals surface area contributed by atoms with Gasteiger partial charge in [-0.3, -0.25) is 9.59 Å². The van der Waals surface area contributed by atoms with E-state index in [9.17, 15) is 27.9 Å². The summed E-state index contributed by atoms with van der Waals surface area (Å²) in [5.41, 5.74) is 1.18. The van der Waals surface area contributed by atoms with Crippen LogP contribution in [-0.4, -0.2) is 28.4 Å². The van der Waals surface area contributed by atoms with Crippen molar-refractivity contribution in [2.45, 2.75) is 45.1 Å². The second-order valence-electron chi connectivity index (χ2n) is 9.64. The molecule has 0 spiro atoms. The monoisotopic (exact) mass is 510 g/mol. The largest absolute Gasteiger partial charge is 0.416 e. The number of benzene rings is 3. The number of rotatable bonds is 7. The summed E-state index contributed by atoms with van der Waals surface area (Å²) in [6, 6.07) is 17.9. The number of hydrogen-bond acceptors (Lipinski definition) is 3. The Morgan fingerprint density at radius 2 is 1.65 bits per heavy atom. The summed E-state index contributed by atoms with van der Waals surface area (Å²) in [7, 11) is 0. The van der Waals surface area contributed by atoms with E-state index in [4.69, 9.17) is 0 Å². The fourth-order valence-electron chi connectivity index (χ4n) is 4.77. The molecule has 2 amide bonds. The van der Waals surface area contributed by atoms with Crippen LogP contribution < -0.4 is 5.32 Å². The summed E-state index contributed by atoms with van der Waals surface area (Å²) in [6.45, 7) is 3.82. The number of carbonyl (C=O) groups excluding carboxylic acids is 2. The summed E-state index contributed by atoms with van der Waals surface area (Å²) in [5, 5.41) is 12.4. The number of aliphatic hydroxyl groups is 1. The summed E-state index contributed by atoms with van der Waals surface area (Å²) in [6.07, 6.45) is -4.60. The zero-order valence-corrected chi connectivity index (χ0v) is 20.6. The Labute approximate surface area is 213 Å². The van der Waals surface area contributed by atoms with E-state index < -0.39 is 29.6 Å². The standard InChI is InChI=1S/C29H29F3N2O3/c1-18(2)15-33-27(36)25-22-8-4-5-9-23(22)28(37)34(26(25)20-13-11-19(17-35)12-14-20)16-21-7-3-6-10-24(21)29(30,31)32/h3-14,18,25-26,35H,15-17H2,1-2H3,(H,33,36)/t25-,26+/m1/s1. The number of alkyl halides is 3. The summed E-state index contributed by atoms with van der Waals surface area (Å²) in [5.74, 6) is -1.41. The van der Waals surface area contributed by atoms with Gasteiger partial charge in [0.05, 0.1) is 24.1 Å². The highest BCUT2D eigenvalue weighted by Gasteiger charge is 2.45. The predicted octanol–water partition coefficient (Wildman–Crippen LogP) is 5.45. The lowest BCUT2D eigenvalue weighted by atomic mass is 9.78. The third-order valence-electron chi connectivity index (χ3n) is 6.57. The average molecular weight is 511 g/mol. The minimum Gasteiger partial charge on any atom is -0.392 e. The van der Waals surface area contributed by atoms with Gasteiger partial charge in [-0.1, -0.05) is 74.5 Å². The van der Waals surface area contributed by atoms with E-state index in [1.807, 2.05) is 13.8 Å². The van der Waals surface area contributed by atoms with E-state index in [0.717, 1.165) is 6.07 Å². The maximum absolute atomic E-state index is 13.8. The molecule has 4 rings (SSSR count). The number of hydrogen-bond donors (Lipinski definition) is 2. The minimum absolute atomic E-state index is 0.0546. The molecule has 8 heteroatoms. The van der Waals surface area contributed by atoms with Crippen molar-refractivity contribution in [3.05, 3.63) is 106 Å². The number of halogens is 3. The van der Waals surface area contributed by atoms with E-state index in [0.29, 0.717) is 28.8 Å². The molecule has 37 heavy (non-hydrogen) atoms. The van der Waals surface area contributed by atoms with Crippen molar-refractivity contribution in [2.75, 3.05) is 6.54 Å². The Balaban J connectivity index is 1.88. The second kappa shape index (κ2) is 10.8. The van der Waals surface area contributed by atoms with Gasteiger partial charge in [0, 0.05) is 18.7 Å². The molecule has 0 saturated heterocycles. The van der Waals surface area contributed by atoms with Crippen LogP contribution in [0, 0.1) is 5.92 Å². The van der Waals surface area contributed by atoms with Crippen molar-refractivity contribution in [1.82, 2.24) is 10.2 Å². The summed E-state index contributed by atoms with van der Waals surface area (Å²) in [4.78, 5) is 28.8. The van der Waals surface area contributed by atoms with E-state index in [1.54, 1.807) is 48.5 Å². The lowest BCUT2D eigenvalue weighted by Crippen LogP contribution is -2.47. The molecule has 0 radical (unpaired) electrons. The first-order chi connectivity index (χ1) is 17.6. The molecule has 2 N–H and O–H groups in total. The van der Waals surface area contributed by atoms with E-state index in [1.165, 1.54) is 23.1 Å². The van der Waals surface area contributed by atoms with Crippen LogP contribution in [0.5, 0.6) is 0 Å². The SMILES string of the molecule is CC(C)CNC(=O)[C@@H]1c2ccccc2C(=O)N(Cc2ccccc2C(F)(F)F)[C@H]1c1ccc(CO)cc1. The molecule has 3 aromatic rings. The Bertz CT molecular complexity index is 1270. The lowest BCUT2D eigenvalue weighted by Gasteiger charge is -2.42. The number of nitrogens with one attached hydrogen (secondary N) is 1. The first-order valence-corrected chi connectivity index (χ1v) is 12.1. The number of fused-ring (bicyclic) bond motifs is 1. The highest BCUT2D eigenvalue weighted by molar-refractivity contribution is 6.01. The van der Waals surface area contributed by atoms with Crippen LogP contribution in [0.3, 0.4) is 0 Å². The van der Waals surface area contributed by atoms with Crippen molar-refractivity contribution < 1.29 is 27.9 Å². The summed E-state index contributed by atoms with van der Waals surface area (Å²) >= 11 is 0. The number of nitrogens with zero attached hydrogens (tertiary/aromatic N) is 1. The molecule has 0 saturated carbocycles. The molecular formula is C29H29F3N2O3. The van der Waals surface area contributed by atoms with Crippen molar-refractivity contribution in [1.29, 1.82) is 0 Å². The lowest BCUT2D eigenvalue weighted by molar-refractivity contribution is -0.138. The molecule has 0 aliphatic carbocycles. The molecule has 1 aliphatic heterocycles. The predicted molar refractivity (Wildman–Crippen MR) is 133 cm³/mol. The number of amides is 2. The molecular weight excluding hydrogens is 481 g/mol. The average Bonchev–Trinajstić information content (AvgIpc) is 2.88. The fourth-order valence-corrected chi connectivity index (χ4v) is 4.77. The molecule has 3 aromatic carbocycles. The third-order valence-corrected chi connectivity index (χ3v) is 6.57. The first kappa shape index (κ1) is 26.4. The Hall–Kier alpha value is -3.65.